The Bertz CT molecular complexity index is 722. The molecule has 1 aromatic carbocycles. The Labute approximate surface area is 127 Å². The first-order valence-electron chi connectivity index (χ1n) is 6.50. The molecule has 2 rings (SSSR count). The van der Waals surface area contributed by atoms with Crippen molar-refractivity contribution in [2.24, 2.45) is 5.14 Å². The van der Waals surface area contributed by atoms with E-state index < -0.39 is 14.9 Å². The van der Waals surface area contributed by atoms with Gasteiger partial charge >= 0.3 is 0 Å². The van der Waals surface area contributed by atoms with Crippen LogP contribution in [0.5, 0.6) is 0 Å². The van der Waals surface area contributed by atoms with Gasteiger partial charge in [-0.25, -0.2) is 13.6 Å². The Hall–Kier alpha value is -2.22. The lowest BCUT2D eigenvalue weighted by atomic mass is 10.1. The summed E-state index contributed by atoms with van der Waals surface area (Å²) in [5.41, 5.74) is -0.165. The Kier molecular flexibility index (Phi) is 4.60. The smallest absolute Gasteiger partial charge is 0.293 e. The molecule has 10 heteroatoms. The number of nitrogens with two attached hydrogens (primary N) is 1. The van der Waals surface area contributed by atoms with Crippen LogP contribution in [0.15, 0.2) is 23.1 Å². The van der Waals surface area contributed by atoms with Crippen LogP contribution < -0.4 is 15.4 Å². The highest BCUT2D eigenvalue weighted by Crippen LogP contribution is 2.32. The molecular weight excluding hydrogens is 310 g/mol. The summed E-state index contributed by atoms with van der Waals surface area (Å²) in [6.07, 6.45) is 0.746. The quantitative estimate of drug-likeness (QED) is 0.438. The molecule has 0 bridgehead atoms. The highest BCUT2D eigenvalue weighted by Gasteiger charge is 2.29. The van der Waals surface area contributed by atoms with Gasteiger partial charge < -0.3 is 10.2 Å². The molecule has 0 unspecified atom stereocenters. The molecule has 1 atom stereocenters. The fraction of sp³-hybridized carbons (Fsp3) is 0.417. The number of anilines is 1. The molecule has 1 aliphatic heterocycles. The minimum atomic E-state index is -4.03. The Balaban J connectivity index is 2.52. The van der Waals surface area contributed by atoms with Crippen LogP contribution in [-0.2, 0) is 10.0 Å². The number of benzene rings is 1. The zero-order valence-corrected chi connectivity index (χ0v) is 12.4. The van der Waals surface area contributed by atoms with Crippen molar-refractivity contribution in [1.82, 2.24) is 5.32 Å². The molecule has 1 heterocycles. The molecule has 1 aromatic rings. The fourth-order valence-corrected chi connectivity index (χ4v) is 3.00. The topological polar surface area (TPSA) is 142 Å². The van der Waals surface area contributed by atoms with Crippen LogP contribution in [-0.4, -0.2) is 39.0 Å². The van der Waals surface area contributed by atoms with E-state index >= 15 is 0 Å². The first-order chi connectivity index (χ1) is 10.3. The van der Waals surface area contributed by atoms with Crippen LogP contribution in [0.1, 0.15) is 6.42 Å². The maximum Gasteiger partial charge on any atom is 0.293 e. The van der Waals surface area contributed by atoms with Gasteiger partial charge in [0.2, 0.25) is 10.0 Å². The van der Waals surface area contributed by atoms with E-state index in [1.54, 1.807) is 4.90 Å². The minimum Gasteiger partial charge on any atom is -0.348 e. The molecule has 0 aromatic heterocycles. The molecule has 0 radical (unpaired) electrons. The third kappa shape index (κ3) is 3.33. The fourth-order valence-electron chi connectivity index (χ4n) is 2.46. The Morgan fingerprint density at radius 1 is 1.55 bits per heavy atom. The molecule has 0 aliphatic carbocycles. The van der Waals surface area contributed by atoms with E-state index in [0.29, 0.717) is 6.54 Å². The molecule has 0 saturated carbocycles. The maximum absolute atomic E-state index is 11.4. The molecular formula is C12H15N5O4S. The third-order valence-electron chi connectivity index (χ3n) is 3.50. The number of hydrogen-bond donors (Lipinski definition) is 2. The molecule has 9 nitrogen and oxygen atoms in total. The second-order valence-electron chi connectivity index (χ2n) is 4.89. The summed E-state index contributed by atoms with van der Waals surface area (Å²) < 4.78 is 22.7. The largest absolute Gasteiger partial charge is 0.348 e. The first-order valence-corrected chi connectivity index (χ1v) is 8.05. The lowest BCUT2D eigenvalue weighted by Gasteiger charge is -2.27. The first kappa shape index (κ1) is 16.2. The second kappa shape index (κ2) is 6.27. The van der Waals surface area contributed by atoms with Gasteiger partial charge in [0.25, 0.3) is 5.69 Å². The van der Waals surface area contributed by atoms with E-state index in [9.17, 15) is 18.5 Å². The van der Waals surface area contributed by atoms with Gasteiger partial charge in [-0.2, -0.15) is 5.26 Å². The van der Waals surface area contributed by atoms with Crippen molar-refractivity contribution in [3.05, 3.63) is 28.3 Å². The van der Waals surface area contributed by atoms with Crippen LogP contribution >= 0.6 is 0 Å². The summed E-state index contributed by atoms with van der Waals surface area (Å²) in [6, 6.07) is 5.40. The molecule has 1 fully saturated rings. The van der Waals surface area contributed by atoms with E-state index in [0.717, 1.165) is 19.0 Å². The number of sulfonamides is 1. The summed E-state index contributed by atoms with van der Waals surface area (Å²) >= 11 is 0. The summed E-state index contributed by atoms with van der Waals surface area (Å²) in [6.45, 7) is 1.34. The van der Waals surface area contributed by atoms with Crippen molar-refractivity contribution in [2.45, 2.75) is 17.4 Å². The monoisotopic (exact) mass is 325 g/mol. The lowest BCUT2D eigenvalue weighted by molar-refractivity contribution is -0.384. The molecule has 118 valence electrons. The summed E-state index contributed by atoms with van der Waals surface area (Å²) in [5.74, 6) is 0. The number of rotatable bonds is 5. The molecule has 1 saturated heterocycles. The van der Waals surface area contributed by atoms with Gasteiger partial charge in [-0.3, -0.25) is 10.1 Å². The van der Waals surface area contributed by atoms with E-state index in [4.69, 9.17) is 10.4 Å². The van der Waals surface area contributed by atoms with E-state index in [-0.39, 0.29) is 28.9 Å². The van der Waals surface area contributed by atoms with Gasteiger partial charge in [-0.1, -0.05) is 0 Å². The van der Waals surface area contributed by atoms with E-state index in [2.05, 4.69) is 5.32 Å². The predicted molar refractivity (Wildman–Crippen MR) is 78.7 cm³/mol. The number of nitrogens with one attached hydrogen (secondary N) is 1. The average molecular weight is 325 g/mol. The standard InChI is InChI=1S/C12H15N5O4S/c13-4-6-16(9-3-5-15-8-9)11-2-1-10(22(14,20)21)7-12(11)17(18)19/h1-2,7,9,15H,3,5-6,8H2,(H2,14,20,21)/t9-/m1/s1. The van der Waals surface area contributed by atoms with Gasteiger partial charge in [-0.15, -0.1) is 0 Å². The van der Waals surface area contributed by atoms with Gasteiger partial charge in [0, 0.05) is 18.7 Å². The molecule has 0 spiro atoms. The number of hydrogen-bond acceptors (Lipinski definition) is 7. The number of nitro benzene ring substituents is 1. The normalized spacial score (nSPS) is 17.9. The maximum atomic E-state index is 11.4. The summed E-state index contributed by atoms with van der Waals surface area (Å²) in [7, 11) is -4.03. The Morgan fingerprint density at radius 3 is 2.77 bits per heavy atom. The molecule has 3 N–H and O–H groups in total. The SMILES string of the molecule is N#CCN(c1ccc(S(N)(=O)=O)cc1[N+](=O)[O-])[C@@H]1CCNC1. The van der Waals surface area contributed by atoms with Gasteiger partial charge in [0.05, 0.1) is 15.9 Å². The van der Waals surface area contributed by atoms with Crippen LogP contribution in [0.2, 0.25) is 0 Å². The number of nitrogens with zero attached hydrogens (tertiary/aromatic N) is 3. The van der Waals surface area contributed by atoms with Crippen LogP contribution in [0.4, 0.5) is 11.4 Å². The van der Waals surface area contributed by atoms with Crippen LogP contribution in [0, 0.1) is 21.4 Å². The van der Waals surface area contributed by atoms with Crippen molar-refractivity contribution < 1.29 is 13.3 Å². The second-order valence-corrected chi connectivity index (χ2v) is 6.45. The number of nitriles is 1. The zero-order chi connectivity index (χ0) is 16.3. The minimum absolute atomic E-state index is 0.0259. The summed E-state index contributed by atoms with van der Waals surface area (Å²) in [5, 5.41) is 28.4. The van der Waals surface area contributed by atoms with Gasteiger partial charge in [0.15, 0.2) is 0 Å². The molecule has 22 heavy (non-hydrogen) atoms. The lowest BCUT2D eigenvalue weighted by Crippen LogP contribution is -2.37. The highest BCUT2D eigenvalue weighted by atomic mass is 32.2. The number of primary sulfonamides is 1. The third-order valence-corrected chi connectivity index (χ3v) is 4.41. The molecule has 1 aliphatic rings. The van der Waals surface area contributed by atoms with Crippen molar-refractivity contribution >= 4 is 21.4 Å². The van der Waals surface area contributed by atoms with Crippen LogP contribution in [0.3, 0.4) is 0 Å². The molecule has 0 amide bonds. The predicted octanol–water partition coefficient (Wildman–Crippen LogP) is -0.0659. The van der Waals surface area contributed by atoms with Crippen LogP contribution in [0.25, 0.3) is 0 Å². The number of nitro groups is 1. The van der Waals surface area contributed by atoms with Crippen molar-refractivity contribution in [3.63, 3.8) is 0 Å². The van der Waals surface area contributed by atoms with E-state index in [1.807, 2.05) is 6.07 Å². The average Bonchev–Trinajstić information content (AvgIpc) is 2.97. The summed E-state index contributed by atoms with van der Waals surface area (Å²) in [4.78, 5) is 11.9. The van der Waals surface area contributed by atoms with Crippen molar-refractivity contribution in [3.8, 4) is 6.07 Å². The van der Waals surface area contributed by atoms with Crippen molar-refractivity contribution in [1.29, 1.82) is 5.26 Å². The van der Waals surface area contributed by atoms with Crippen molar-refractivity contribution in [2.75, 3.05) is 24.5 Å². The highest BCUT2D eigenvalue weighted by molar-refractivity contribution is 7.89. The van der Waals surface area contributed by atoms with Gasteiger partial charge in [-0.05, 0) is 25.1 Å². The van der Waals surface area contributed by atoms with Gasteiger partial charge in [0.1, 0.15) is 12.2 Å². The zero-order valence-electron chi connectivity index (χ0n) is 11.6. The van der Waals surface area contributed by atoms with E-state index in [1.165, 1.54) is 12.1 Å². The Morgan fingerprint density at radius 2 is 2.27 bits per heavy atom.